The average molecular weight is 441 g/mol. The van der Waals surface area contributed by atoms with Gasteiger partial charge < -0.3 is 71.9 Å². The first-order valence-corrected chi connectivity index (χ1v) is 4.10. The third-order valence-electron chi connectivity index (χ3n) is 0.172. The summed E-state index contributed by atoms with van der Waals surface area (Å²) in [6.07, 6.45) is 0. The van der Waals surface area contributed by atoms with E-state index < -0.39 is 20.8 Å². The molecule has 0 aromatic carbocycles. The van der Waals surface area contributed by atoms with Gasteiger partial charge in [0.15, 0.2) is 17.4 Å². The highest BCUT2D eigenvalue weighted by molar-refractivity contribution is 7.94. The van der Waals surface area contributed by atoms with Gasteiger partial charge in [-0.3, -0.25) is 9.11 Å². The smallest absolute Gasteiger partial charge is 0.412 e. The topological polar surface area (TPSA) is 531 Å². The Kier molecular flexibility index (Phi) is 446. The van der Waals surface area contributed by atoms with E-state index in [4.69, 9.17) is 9.11 Å². The summed E-state index contributed by atoms with van der Waals surface area (Å²) in [5, 5.41) is 0. The van der Waals surface area contributed by atoms with Crippen molar-refractivity contribution in [2.24, 2.45) is 0 Å². The van der Waals surface area contributed by atoms with Crippen LogP contribution in [0.5, 0.6) is 0 Å². The van der Waals surface area contributed by atoms with E-state index in [1.165, 1.54) is 0 Å². The fourth-order valence-corrected chi connectivity index (χ4v) is 0.978. The molecule has 23 heavy (non-hydrogen) atoms. The molecule has 0 amide bonds. The lowest BCUT2D eigenvalue weighted by molar-refractivity contribution is 0.344. The number of hydrogen-bond acceptors (Lipinski definition) is 6. The minimum absolute atomic E-state index is 0. The van der Waals surface area contributed by atoms with Gasteiger partial charge >= 0.3 is 20.8 Å². The van der Waals surface area contributed by atoms with E-state index in [-0.39, 0.29) is 89.2 Å². The third-order valence-corrected chi connectivity index (χ3v) is 1.55. The first kappa shape index (κ1) is 178. The zero-order chi connectivity index (χ0) is 7.71. The molecule has 0 unspecified atom stereocenters. The Balaban J connectivity index is -0.00000000352. The van der Waals surface area contributed by atoms with Crippen LogP contribution in [0.25, 0.3) is 0 Å². The van der Waals surface area contributed by atoms with Crippen LogP contribution < -0.4 is 6.15 Å². The van der Waals surface area contributed by atoms with Gasteiger partial charge in [0.25, 0.3) is 0 Å². The molecule has 0 bridgehead atoms. The second kappa shape index (κ2) is 57.6. The van der Waals surface area contributed by atoms with Crippen LogP contribution in [0.1, 0.15) is 0 Å². The Morgan fingerprint density at radius 1 is 0.478 bits per heavy atom. The first-order valence-electron chi connectivity index (χ1n) is 1.37. The monoisotopic (exact) mass is 441 g/mol. The molecule has 0 radical (unpaired) electrons. The summed E-state index contributed by atoms with van der Waals surface area (Å²) >= 11 is 0. The van der Waals surface area contributed by atoms with Crippen LogP contribution in [-0.2, 0) is 24.4 Å². The average Bonchev–Trinajstić information content (AvgIpc) is 1.14. The predicted molar refractivity (Wildman–Crippen MR) is 82.5 cm³/mol. The quantitative estimate of drug-likeness (QED) is 0.272. The van der Waals surface area contributed by atoms with Crippen molar-refractivity contribution < 1.29 is 95.3 Å². The highest BCUT2D eigenvalue weighted by atomic mass is 32.3. The molecule has 0 rings (SSSR count). The molecular formula is H32AlNO19S2. The Bertz CT molecular complexity index is 246. The molecular weight excluding hydrogens is 409 g/mol. The lowest BCUT2D eigenvalue weighted by Crippen LogP contribution is -2.10. The Morgan fingerprint density at radius 2 is 0.565 bits per heavy atom. The zero-order valence-corrected chi connectivity index (χ0v) is 12.1. The van der Waals surface area contributed by atoms with Crippen molar-refractivity contribution >= 4 is 38.2 Å². The fraction of sp³-hybridized carbons (Fsp3) is 0. The van der Waals surface area contributed by atoms with Gasteiger partial charge in [-0.05, 0) is 0 Å². The van der Waals surface area contributed by atoms with E-state index in [2.05, 4.69) is 3.63 Å². The van der Waals surface area contributed by atoms with Crippen molar-refractivity contribution in [1.29, 1.82) is 0 Å². The minimum atomic E-state index is -5.12. The molecule has 20 nitrogen and oxygen atoms in total. The lowest BCUT2D eigenvalue weighted by Gasteiger charge is -1.89. The maximum absolute atomic E-state index is 9.44. The second-order valence-electron chi connectivity index (χ2n) is 0.924. The van der Waals surface area contributed by atoms with Gasteiger partial charge in [0.05, 0.1) is 0 Å². The molecule has 0 aliphatic heterocycles. The molecule has 0 saturated heterocycles. The molecule has 0 atom stereocenters. The molecule has 0 aliphatic carbocycles. The summed E-state index contributed by atoms with van der Waals surface area (Å²) in [7, 11) is -10.2. The number of rotatable bonds is 2. The molecule has 0 spiro atoms. The van der Waals surface area contributed by atoms with Gasteiger partial charge in [0.1, 0.15) is 0 Å². The van der Waals surface area contributed by atoms with E-state index in [0.29, 0.717) is 0 Å². The molecule has 0 aromatic heterocycles. The Hall–Kier alpha value is -0.208. The highest BCUT2D eigenvalue weighted by Crippen LogP contribution is 1.91. The van der Waals surface area contributed by atoms with Gasteiger partial charge in [-0.15, -0.1) is 3.63 Å². The SMILES string of the molecule is N.O.O.O.O.O.O.O.O.O.O.O.O.O=S(=O)(O)OS(=O)(=O)O.[AlH3]. The molecule has 0 aromatic rings. The summed E-state index contributed by atoms with van der Waals surface area (Å²) < 4.78 is 55.6. The summed E-state index contributed by atoms with van der Waals surface area (Å²) in [5.41, 5.74) is 0. The van der Waals surface area contributed by atoms with Gasteiger partial charge in [-0.25, -0.2) is 0 Å². The van der Waals surface area contributed by atoms with E-state index in [1.54, 1.807) is 0 Å². The maximum atomic E-state index is 9.44. The van der Waals surface area contributed by atoms with Crippen molar-refractivity contribution in [3.8, 4) is 0 Å². The van der Waals surface area contributed by atoms with Crippen molar-refractivity contribution in [3.63, 3.8) is 0 Å². The first-order chi connectivity index (χ1) is 3.71. The molecule has 0 saturated carbocycles. The van der Waals surface area contributed by atoms with Crippen molar-refractivity contribution in [1.82, 2.24) is 6.15 Å². The van der Waals surface area contributed by atoms with E-state index in [0.717, 1.165) is 0 Å². The molecule has 23 heteroatoms. The van der Waals surface area contributed by atoms with Gasteiger partial charge in [0, 0.05) is 0 Å². The second-order valence-corrected chi connectivity index (χ2v) is 3.18. The normalized spacial score (nSPS) is 5.30. The van der Waals surface area contributed by atoms with Crippen molar-refractivity contribution in [2.75, 3.05) is 0 Å². The largest absolute Gasteiger partial charge is 0.413 e. The Morgan fingerprint density at radius 3 is 0.565 bits per heavy atom. The van der Waals surface area contributed by atoms with Crippen LogP contribution in [-0.4, -0.2) is 109 Å². The standard InChI is InChI=1S/Al.H3N.H2O7S2.12H2O.3H/c;;1-8(2,3)7-9(4,5)6;;;;;;;;;;;;;;;/h;1H3;(H,1,2,3)(H,4,5,6);12*1H2;;;. The summed E-state index contributed by atoms with van der Waals surface area (Å²) in [6.45, 7) is 0. The molecule has 0 fully saturated rings. The van der Waals surface area contributed by atoms with Crippen LogP contribution in [0.2, 0.25) is 0 Å². The minimum Gasteiger partial charge on any atom is -0.412 e. The molecule has 166 valence electrons. The summed E-state index contributed by atoms with van der Waals surface area (Å²) in [4.78, 5) is 0. The van der Waals surface area contributed by atoms with E-state index in [9.17, 15) is 16.8 Å². The van der Waals surface area contributed by atoms with Crippen LogP contribution in [0.4, 0.5) is 0 Å². The summed E-state index contributed by atoms with van der Waals surface area (Å²) in [6, 6.07) is 0. The van der Waals surface area contributed by atoms with E-state index in [1.807, 2.05) is 0 Å². The zero-order valence-electron chi connectivity index (χ0n) is 10.5. The molecule has 0 aliphatic rings. The van der Waals surface area contributed by atoms with Crippen LogP contribution in [0.3, 0.4) is 0 Å². The van der Waals surface area contributed by atoms with Crippen LogP contribution >= 0.6 is 0 Å². The summed E-state index contributed by atoms with van der Waals surface area (Å²) in [5.74, 6) is 0. The van der Waals surface area contributed by atoms with E-state index >= 15 is 0 Å². The highest BCUT2D eigenvalue weighted by Gasteiger charge is 2.15. The van der Waals surface area contributed by atoms with Crippen molar-refractivity contribution in [2.45, 2.75) is 0 Å². The van der Waals surface area contributed by atoms with Gasteiger partial charge in [0.2, 0.25) is 0 Å². The molecule has 29 N–H and O–H groups in total. The van der Waals surface area contributed by atoms with Crippen LogP contribution in [0, 0.1) is 0 Å². The maximum Gasteiger partial charge on any atom is 0.413 e. The van der Waals surface area contributed by atoms with Crippen LogP contribution in [0.15, 0.2) is 0 Å². The van der Waals surface area contributed by atoms with Crippen molar-refractivity contribution in [3.05, 3.63) is 0 Å². The molecule has 0 heterocycles. The fourth-order valence-electron chi connectivity index (χ4n) is 0.109. The number of hydrogen-bond donors (Lipinski definition) is 3. The lowest BCUT2D eigenvalue weighted by atomic mass is 14.0. The Labute approximate surface area is 140 Å². The van der Waals surface area contributed by atoms with Gasteiger partial charge in [-0.1, -0.05) is 0 Å². The van der Waals surface area contributed by atoms with Gasteiger partial charge in [-0.2, -0.15) is 16.8 Å². The predicted octanol–water partition coefficient (Wildman–Crippen LogP) is -12.3. The third kappa shape index (κ3) is 254.